The van der Waals surface area contributed by atoms with Gasteiger partial charge in [-0.3, -0.25) is 4.90 Å². The van der Waals surface area contributed by atoms with E-state index in [4.69, 9.17) is 5.11 Å². The monoisotopic (exact) mass is 195 g/mol. The third-order valence-electron chi connectivity index (χ3n) is 2.79. The molecule has 14 heavy (non-hydrogen) atoms. The molecule has 0 spiro atoms. The topological polar surface area (TPSA) is 23.5 Å². The summed E-state index contributed by atoms with van der Waals surface area (Å²) >= 11 is 0. The van der Waals surface area contributed by atoms with Crippen LogP contribution in [0.25, 0.3) is 0 Å². The third kappa shape index (κ3) is 1.79. The van der Waals surface area contributed by atoms with Crippen molar-refractivity contribution < 1.29 is 9.50 Å². The van der Waals surface area contributed by atoms with E-state index >= 15 is 0 Å². The SMILES string of the molecule is C[C@@H](c1ccc(F)cc1)N1CC(O)C1. The van der Waals surface area contributed by atoms with Crippen molar-refractivity contribution in [3.8, 4) is 0 Å². The Hall–Kier alpha value is -0.930. The predicted octanol–water partition coefficient (Wildman–Crippen LogP) is 1.56. The Bertz CT molecular complexity index is 306. The van der Waals surface area contributed by atoms with Gasteiger partial charge in [0.25, 0.3) is 0 Å². The van der Waals surface area contributed by atoms with Gasteiger partial charge in [-0.1, -0.05) is 12.1 Å². The third-order valence-corrected chi connectivity index (χ3v) is 2.79. The second-order valence-electron chi connectivity index (χ2n) is 3.84. The maximum absolute atomic E-state index is 12.7. The zero-order chi connectivity index (χ0) is 10.1. The molecule has 1 aliphatic rings. The first-order chi connectivity index (χ1) is 6.66. The highest BCUT2D eigenvalue weighted by atomic mass is 19.1. The van der Waals surface area contributed by atoms with Crippen molar-refractivity contribution in [1.82, 2.24) is 4.90 Å². The highest BCUT2D eigenvalue weighted by Crippen LogP contribution is 2.25. The minimum Gasteiger partial charge on any atom is -0.390 e. The summed E-state index contributed by atoms with van der Waals surface area (Å²) in [5.74, 6) is -0.204. The molecule has 0 saturated carbocycles. The Balaban J connectivity index is 2.04. The Morgan fingerprint density at radius 1 is 1.36 bits per heavy atom. The molecule has 1 aliphatic heterocycles. The van der Waals surface area contributed by atoms with Gasteiger partial charge in [0.15, 0.2) is 0 Å². The van der Waals surface area contributed by atoms with E-state index in [-0.39, 0.29) is 18.0 Å². The number of β-amino-alcohol motifs (C(OH)–C–C–N with tert-alkyl or cyclic N) is 1. The van der Waals surface area contributed by atoms with Crippen molar-refractivity contribution in [2.45, 2.75) is 19.1 Å². The number of halogens is 1. The average Bonchev–Trinajstić information content (AvgIpc) is 2.13. The quantitative estimate of drug-likeness (QED) is 0.774. The lowest BCUT2D eigenvalue weighted by Gasteiger charge is -2.40. The maximum Gasteiger partial charge on any atom is 0.123 e. The van der Waals surface area contributed by atoms with E-state index in [0.717, 1.165) is 18.7 Å². The molecule has 0 bridgehead atoms. The van der Waals surface area contributed by atoms with E-state index in [1.54, 1.807) is 12.1 Å². The highest BCUT2D eigenvalue weighted by molar-refractivity contribution is 5.20. The van der Waals surface area contributed by atoms with Crippen LogP contribution in [-0.2, 0) is 0 Å². The first kappa shape index (κ1) is 9.62. The summed E-state index contributed by atoms with van der Waals surface area (Å²) < 4.78 is 12.7. The van der Waals surface area contributed by atoms with Crippen molar-refractivity contribution in [1.29, 1.82) is 0 Å². The molecule has 0 amide bonds. The van der Waals surface area contributed by atoms with Gasteiger partial charge in [-0.05, 0) is 24.6 Å². The Morgan fingerprint density at radius 2 is 1.93 bits per heavy atom. The summed E-state index contributed by atoms with van der Waals surface area (Å²) in [5.41, 5.74) is 1.10. The second-order valence-corrected chi connectivity index (χ2v) is 3.84. The molecule has 76 valence electrons. The molecule has 0 unspecified atom stereocenters. The fourth-order valence-electron chi connectivity index (χ4n) is 1.76. The molecule has 0 aromatic heterocycles. The van der Waals surface area contributed by atoms with E-state index in [1.807, 2.05) is 0 Å². The molecule has 1 heterocycles. The fourth-order valence-corrected chi connectivity index (χ4v) is 1.76. The van der Waals surface area contributed by atoms with Crippen molar-refractivity contribution in [3.05, 3.63) is 35.6 Å². The van der Waals surface area contributed by atoms with Crippen LogP contribution in [-0.4, -0.2) is 29.2 Å². The molecule has 0 radical (unpaired) electrons. The zero-order valence-corrected chi connectivity index (χ0v) is 8.15. The van der Waals surface area contributed by atoms with Gasteiger partial charge in [0, 0.05) is 19.1 Å². The lowest BCUT2D eigenvalue weighted by atomic mass is 10.0. The van der Waals surface area contributed by atoms with Crippen molar-refractivity contribution in [3.63, 3.8) is 0 Å². The lowest BCUT2D eigenvalue weighted by molar-refractivity contribution is -0.0211. The van der Waals surface area contributed by atoms with Gasteiger partial charge in [0.05, 0.1) is 6.10 Å². The smallest absolute Gasteiger partial charge is 0.123 e. The van der Waals surface area contributed by atoms with E-state index in [2.05, 4.69) is 11.8 Å². The molecule has 2 nitrogen and oxygen atoms in total. The average molecular weight is 195 g/mol. The maximum atomic E-state index is 12.7. The summed E-state index contributed by atoms with van der Waals surface area (Å²) in [5, 5.41) is 9.16. The van der Waals surface area contributed by atoms with Gasteiger partial charge < -0.3 is 5.11 Å². The minimum atomic E-state index is -0.204. The Morgan fingerprint density at radius 3 is 2.43 bits per heavy atom. The largest absolute Gasteiger partial charge is 0.390 e. The van der Waals surface area contributed by atoms with Crippen molar-refractivity contribution in [2.75, 3.05) is 13.1 Å². The number of aliphatic hydroxyl groups excluding tert-OH is 1. The van der Waals surface area contributed by atoms with Crippen LogP contribution in [0.1, 0.15) is 18.5 Å². The lowest BCUT2D eigenvalue weighted by Crippen LogP contribution is -2.51. The summed E-state index contributed by atoms with van der Waals surface area (Å²) in [4.78, 5) is 2.16. The molecule has 2 rings (SSSR count). The van der Waals surface area contributed by atoms with E-state index in [1.165, 1.54) is 12.1 Å². The second kappa shape index (κ2) is 3.67. The van der Waals surface area contributed by atoms with Crippen LogP contribution in [0.15, 0.2) is 24.3 Å². The number of hydrogen-bond donors (Lipinski definition) is 1. The molecular formula is C11H14FNO. The predicted molar refractivity (Wildman–Crippen MR) is 52.4 cm³/mol. The van der Waals surface area contributed by atoms with Gasteiger partial charge in [0.1, 0.15) is 5.82 Å². The van der Waals surface area contributed by atoms with Crippen LogP contribution in [0, 0.1) is 5.82 Å². The van der Waals surface area contributed by atoms with Crippen molar-refractivity contribution >= 4 is 0 Å². The van der Waals surface area contributed by atoms with Gasteiger partial charge in [0.2, 0.25) is 0 Å². The Kier molecular flexibility index (Phi) is 2.52. The first-order valence-corrected chi connectivity index (χ1v) is 4.84. The van der Waals surface area contributed by atoms with Gasteiger partial charge in [-0.15, -0.1) is 0 Å². The first-order valence-electron chi connectivity index (χ1n) is 4.84. The molecule has 1 aromatic rings. The molecule has 1 aromatic carbocycles. The summed E-state index contributed by atoms with van der Waals surface area (Å²) in [6.45, 7) is 3.51. The van der Waals surface area contributed by atoms with Crippen LogP contribution >= 0.6 is 0 Å². The molecule has 0 aliphatic carbocycles. The van der Waals surface area contributed by atoms with Gasteiger partial charge in [-0.25, -0.2) is 4.39 Å². The molecule has 1 atom stereocenters. The minimum absolute atomic E-state index is 0.183. The van der Waals surface area contributed by atoms with E-state index in [9.17, 15) is 4.39 Å². The molecule has 3 heteroatoms. The highest BCUT2D eigenvalue weighted by Gasteiger charge is 2.28. The summed E-state index contributed by atoms with van der Waals surface area (Å²) in [6, 6.07) is 6.80. The fraction of sp³-hybridized carbons (Fsp3) is 0.455. The number of likely N-dealkylation sites (tertiary alicyclic amines) is 1. The van der Waals surface area contributed by atoms with Crippen LogP contribution in [0.5, 0.6) is 0 Å². The number of aliphatic hydroxyl groups is 1. The van der Waals surface area contributed by atoms with Gasteiger partial charge >= 0.3 is 0 Å². The standard InChI is InChI=1S/C11H14FNO/c1-8(13-6-11(14)7-13)9-2-4-10(12)5-3-9/h2-5,8,11,14H,6-7H2,1H3/t8-/m0/s1. The van der Waals surface area contributed by atoms with Gasteiger partial charge in [-0.2, -0.15) is 0 Å². The normalized spacial score (nSPS) is 20.5. The van der Waals surface area contributed by atoms with Crippen LogP contribution in [0.3, 0.4) is 0 Å². The van der Waals surface area contributed by atoms with Crippen molar-refractivity contribution in [2.24, 2.45) is 0 Å². The summed E-state index contributed by atoms with van der Waals surface area (Å²) in [6.07, 6.45) is -0.183. The van der Waals surface area contributed by atoms with Crippen LogP contribution < -0.4 is 0 Å². The molecule has 1 saturated heterocycles. The van der Waals surface area contributed by atoms with E-state index in [0.29, 0.717) is 0 Å². The van der Waals surface area contributed by atoms with Crippen LogP contribution in [0.2, 0.25) is 0 Å². The summed E-state index contributed by atoms with van der Waals surface area (Å²) in [7, 11) is 0. The molecule has 1 fully saturated rings. The Labute approximate surface area is 83.0 Å². The number of nitrogens with zero attached hydrogens (tertiary/aromatic N) is 1. The van der Waals surface area contributed by atoms with Crippen LogP contribution in [0.4, 0.5) is 4.39 Å². The zero-order valence-electron chi connectivity index (χ0n) is 8.15. The molecular weight excluding hydrogens is 181 g/mol. The number of benzene rings is 1. The number of rotatable bonds is 2. The number of hydrogen-bond acceptors (Lipinski definition) is 2. The molecule has 1 N–H and O–H groups in total. The van der Waals surface area contributed by atoms with E-state index < -0.39 is 0 Å².